The van der Waals surface area contributed by atoms with Crippen LogP contribution in [0.25, 0.3) is 0 Å². The van der Waals surface area contributed by atoms with Gasteiger partial charge in [-0.05, 0) is 38.1 Å². The molecule has 0 saturated heterocycles. The molecular weight excluding hydrogens is 271 g/mol. The van der Waals surface area contributed by atoms with Gasteiger partial charge in [0.15, 0.2) is 11.6 Å². The van der Waals surface area contributed by atoms with Crippen molar-refractivity contribution in [3.05, 3.63) is 29.6 Å². The van der Waals surface area contributed by atoms with E-state index in [2.05, 4.69) is 11.9 Å². The summed E-state index contributed by atoms with van der Waals surface area (Å²) in [5.41, 5.74) is 0.305. The standard InChI is InChI=1S/C16H23FN2O2/c1-18(13-5-3-4-6-13)9-10-19(2)16(21)12-7-8-14(17)15(20)11-12/h7-8,11,13,20H,3-6,9-10H2,1-2H3. The molecule has 0 aromatic heterocycles. The van der Waals surface area contributed by atoms with Gasteiger partial charge in [0.25, 0.3) is 5.91 Å². The first-order chi connectivity index (χ1) is 9.99. The van der Waals surface area contributed by atoms with Crippen molar-refractivity contribution in [3.8, 4) is 5.75 Å². The van der Waals surface area contributed by atoms with Crippen molar-refractivity contribution in [3.63, 3.8) is 0 Å². The van der Waals surface area contributed by atoms with Crippen LogP contribution in [-0.4, -0.2) is 54.0 Å². The maximum absolute atomic E-state index is 13.0. The SMILES string of the molecule is CN(CCN(C)C1CCCC1)C(=O)c1ccc(F)c(O)c1. The molecule has 116 valence electrons. The minimum atomic E-state index is -0.713. The first-order valence-corrected chi connectivity index (χ1v) is 7.43. The smallest absolute Gasteiger partial charge is 0.253 e. The summed E-state index contributed by atoms with van der Waals surface area (Å²) in [6, 6.07) is 4.31. The number of likely N-dealkylation sites (N-methyl/N-ethyl adjacent to an activating group) is 2. The molecular formula is C16H23FN2O2. The van der Waals surface area contributed by atoms with E-state index in [4.69, 9.17) is 0 Å². The molecule has 1 aliphatic rings. The maximum atomic E-state index is 13.0. The molecule has 21 heavy (non-hydrogen) atoms. The van der Waals surface area contributed by atoms with E-state index in [0.717, 1.165) is 12.6 Å². The molecule has 0 radical (unpaired) electrons. The first kappa shape index (κ1) is 15.8. The molecule has 1 amide bonds. The van der Waals surface area contributed by atoms with Gasteiger partial charge in [0.2, 0.25) is 0 Å². The second-order valence-corrected chi connectivity index (χ2v) is 5.81. The van der Waals surface area contributed by atoms with Gasteiger partial charge in [-0.3, -0.25) is 4.79 Å². The summed E-state index contributed by atoms with van der Waals surface area (Å²) >= 11 is 0. The average molecular weight is 294 g/mol. The number of halogens is 1. The molecule has 1 saturated carbocycles. The van der Waals surface area contributed by atoms with Gasteiger partial charge in [0.05, 0.1) is 0 Å². The number of hydrogen-bond donors (Lipinski definition) is 1. The van der Waals surface area contributed by atoms with Crippen LogP contribution < -0.4 is 0 Å². The van der Waals surface area contributed by atoms with Crippen molar-refractivity contribution in [1.29, 1.82) is 0 Å². The van der Waals surface area contributed by atoms with Crippen LogP contribution in [0.5, 0.6) is 5.75 Å². The molecule has 5 heteroatoms. The molecule has 2 rings (SSSR count). The van der Waals surface area contributed by atoms with Crippen LogP contribution in [0.15, 0.2) is 18.2 Å². The van der Waals surface area contributed by atoms with E-state index in [1.807, 2.05) is 0 Å². The highest BCUT2D eigenvalue weighted by Crippen LogP contribution is 2.22. The summed E-state index contributed by atoms with van der Waals surface area (Å²) in [5.74, 6) is -1.40. The number of amides is 1. The molecule has 1 aliphatic carbocycles. The van der Waals surface area contributed by atoms with Gasteiger partial charge in [-0.15, -0.1) is 0 Å². The summed E-state index contributed by atoms with van der Waals surface area (Å²) < 4.78 is 13.0. The van der Waals surface area contributed by atoms with Crippen LogP contribution in [-0.2, 0) is 0 Å². The monoisotopic (exact) mass is 294 g/mol. The number of hydrogen-bond acceptors (Lipinski definition) is 3. The van der Waals surface area contributed by atoms with Crippen LogP contribution in [0.1, 0.15) is 36.0 Å². The molecule has 0 bridgehead atoms. The lowest BCUT2D eigenvalue weighted by molar-refractivity contribution is 0.0774. The van der Waals surface area contributed by atoms with E-state index in [-0.39, 0.29) is 5.91 Å². The minimum absolute atomic E-state index is 0.204. The van der Waals surface area contributed by atoms with Crippen molar-refractivity contribution in [2.75, 3.05) is 27.2 Å². The number of phenolic OH excluding ortho intramolecular Hbond substituents is 1. The van der Waals surface area contributed by atoms with Gasteiger partial charge in [-0.25, -0.2) is 4.39 Å². The first-order valence-electron chi connectivity index (χ1n) is 7.43. The zero-order chi connectivity index (χ0) is 15.4. The highest BCUT2D eigenvalue weighted by molar-refractivity contribution is 5.94. The number of carbonyl (C=O) groups is 1. The predicted molar refractivity (Wildman–Crippen MR) is 79.9 cm³/mol. The van der Waals surface area contributed by atoms with Crippen molar-refractivity contribution < 1.29 is 14.3 Å². The third-order valence-corrected chi connectivity index (χ3v) is 4.28. The average Bonchev–Trinajstić information content (AvgIpc) is 3.00. The zero-order valence-corrected chi connectivity index (χ0v) is 12.7. The molecule has 1 fully saturated rings. The number of phenols is 1. The van der Waals surface area contributed by atoms with Crippen LogP contribution in [0.2, 0.25) is 0 Å². The van der Waals surface area contributed by atoms with Gasteiger partial charge < -0.3 is 14.9 Å². The van der Waals surface area contributed by atoms with E-state index in [0.29, 0.717) is 18.2 Å². The summed E-state index contributed by atoms with van der Waals surface area (Å²) in [4.78, 5) is 16.1. The van der Waals surface area contributed by atoms with Gasteiger partial charge >= 0.3 is 0 Å². The molecule has 1 N–H and O–H groups in total. The van der Waals surface area contributed by atoms with Crippen LogP contribution in [0, 0.1) is 5.82 Å². The number of benzene rings is 1. The topological polar surface area (TPSA) is 43.8 Å². The Morgan fingerprint density at radius 2 is 1.95 bits per heavy atom. The summed E-state index contributed by atoms with van der Waals surface area (Å²) in [7, 11) is 3.82. The van der Waals surface area contributed by atoms with Crippen molar-refractivity contribution >= 4 is 5.91 Å². The fourth-order valence-corrected chi connectivity index (χ4v) is 2.80. The highest BCUT2D eigenvalue weighted by atomic mass is 19.1. The number of carbonyl (C=O) groups excluding carboxylic acids is 1. The summed E-state index contributed by atoms with van der Waals surface area (Å²) in [6.45, 7) is 1.43. The van der Waals surface area contributed by atoms with E-state index in [9.17, 15) is 14.3 Å². The quantitative estimate of drug-likeness (QED) is 0.907. The molecule has 0 atom stereocenters. The third-order valence-electron chi connectivity index (χ3n) is 4.28. The molecule has 1 aromatic carbocycles. The largest absolute Gasteiger partial charge is 0.505 e. The van der Waals surface area contributed by atoms with Crippen molar-refractivity contribution in [2.24, 2.45) is 0 Å². The number of aromatic hydroxyl groups is 1. The summed E-state index contributed by atoms with van der Waals surface area (Å²) in [5, 5.41) is 9.34. The van der Waals surface area contributed by atoms with Crippen LogP contribution in [0.3, 0.4) is 0 Å². The van der Waals surface area contributed by atoms with E-state index < -0.39 is 11.6 Å². The van der Waals surface area contributed by atoms with Crippen molar-refractivity contribution in [2.45, 2.75) is 31.7 Å². The fraction of sp³-hybridized carbons (Fsp3) is 0.562. The van der Waals surface area contributed by atoms with Crippen LogP contribution in [0.4, 0.5) is 4.39 Å². The normalized spacial score (nSPS) is 15.6. The lowest BCUT2D eigenvalue weighted by Crippen LogP contribution is -2.38. The minimum Gasteiger partial charge on any atom is -0.505 e. The Hall–Kier alpha value is -1.62. The van der Waals surface area contributed by atoms with E-state index in [1.165, 1.54) is 37.8 Å². The van der Waals surface area contributed by atoms with E-state index >= 15 is 0 Å². The molecule has 0 spiro atoms. The van der Waals surface area contributed by atoms with Gasteiger partial charge in [-0.1, -0.05) is 12.8 Å². The van der Waals surface area contributed by atoms with Gasteiger partial charge in [0, 0.05) is 31.7 Å². The molecule has 0 unspecified atom stereocenters. The lowest BCUT2D eigenvalue weighted by Gasteiger charge is -2.26. The maximum Gasteiger partial charge on any atom is 0.253 e. The van der Waals surface area contributed by atoms with Crippen LogP contribution >= 0.6 is 0 Å². The molecule has 0 aliphatic heterocycles. The predicted octanol–water partition coefficient (Wildman–Crippen LogP) is 2.48. The molecule has 4 nitrogen and oxygen atoms in total. The number of nitrogens with zero attached hydrogens (tertiary/aromatic N) is 2. The third kappa shape index (κ3) is 3.94. The molecule has 0 heterocycles. The Labute approximate surface area is 125 Å². The Bertz CT molecular complexity index is 501. The highest BCUT2D eigenvalue weighted by Gasteiger charge is 2.20. The molecule has 1 aromatic rings. The number of rotatable bonds is 5. The second kappa shape index (κ2) is 6.89. The Balaban J connectivity index is 1.88. The Morgan fingerprint density at radius 3 is 2.57 bits per heavy atom. The van der Waals surface area contributed by atoms with Gasteiger partial charge in [0.1, 0.15) is 0 Å². The Kier molecular flexibility index (Phi) is 5.17. The fourth-order valence-electron chi connectivity index (χ4n) is 2.80. The zero-order valence-electron chi connectivity index (χ0n) is 12.7. The Morgan fingerprint density at radius 1 is 1.29 bits per heavy atom. The summed E-state index contributed by atoms with van der Waals surface area (Å²) in [6.07, 6.45) is 5.05. The van der Waals surface area contributed by atoms with Crippen molar-refractivity contribution in [1.82, 2.24) is 9.80 Å². The van der Waals surface area contributed by atoms with E-state index in [1.54, 1.807) is 11.9 Å². The second-order valence-electron chi connectivity index (χ2n) is 5.81. The van der Waals surface area contributed by atoms with Gasteiger partial charge in [-0.2, -0.15) is 0 Å². The lowest BCUT2D eigenvalue weighted by atomic mass is 10.2.